The lowest BCUT2D eigenvalue weighted by molar-refractivity contribution is 0.102. The number of rotatable bonds is 3. The maximum atomic E-state index is 13.6. The Bertz CT molecular complexity index is 977. The number of fused-ring (bicyclic) bond motifs is 1. The molecule has 4 N–H and O–H groups in total. The minimum absolute atomic E-state index is 0.0963. The summed E-state index contributed by atoms with van der Waals surface area (Å²) in [7, 11) is 0. The molecule has 0 atom stereocenters. The van der Waals surface area contributed by atoms with E-state index in [0.29, 0.717) is 5.69 Å². The summed E-state index contributed by atoms with van der Waals surface area (Å²) in [5.41, 5.74) is 6.81. The standard InChI is InChI=1S/C18H16FN3O3/c1-2-10-3-6-12(7-4-10)21-16(23)15-13-9-11(19)5-8-14(13)22(17(15)24)18(20)25/h3-9,24H,2H2,1H3,(H2,20,25)(H,21,23). The molecular weight excluding hydrogens is 325 g/mol. The number of amides is 2. The van der Waals surface area contributed by atoms with Gasteiger partial charge in [-0.1, -0.05) is 19.1 Å². The van der Waals surface area contributed by atoms with Gasteiger partial charge in [-0.15, -0.1) is 0 Å². The van der Waals surface area contributed by atoms with Gasteiger partial charge in [0.2, 0.25) is 5.88 Å². The minimum atomic E-state index is -0.972. The van der Waals surface area contributed by atoms with E-state index in [1.807, 2.05) is 19.1 Å². The highest BCUT2D eigenvalue weighted by Gasteiger charge is 2.25. The monoisotopic (exact) mass is 341 g/mol. The van der Waals surface area contributed by atoms with Gasteiger partial charge in [-0.25, -0.2) is 13.8 Å². The van der Waals surface area contributed by atoms with Gasteiger partial charge in [-0.3, -0.25) is 4.79 Å². The van der Waals surface area contributed by atoms with Crippen molar-refractivity contribution in [2.24, 2.45) is 5.73 Å². The predicted octanol–water partition coefficient (Wildman–Crippen LogP) is 3.23. The van der Waals surface area contributed by atoms with Crippen molar-refractivity contribution in [3.63, 3.8) is 0 Å². The third-order valence-electron chi connectivity index (χ3n) is 3.97. The number of benzene rings is 2. The second-order valence-electron chi connectivity index (χ2n) is 5.54. The summed E-state index contributed by atoms with van der Waals surface area (Å²) in [6.07, 6.45) is 0.861. The number of hydrogen-bond donors (Lipinski definition) is 3. The number of nitrogens with two attached hydrogens (primary N) is 1. The van der Waals surface area contributed by atoms with Crippen LogP contribution in [0, 0.1) is 5.82 Å². The number of aryl methyl sites for hydroxylation is 1. The Morgan fingerprint density at radius 2 is 1.88 bits per heavy atom. The van der Waals surface area contributed by atoms with Crippen LogP contribution in [0.5, 0.6) is 5.88 Å². The lowest BCUT2D eigenvalue weighted by atomic mass is 10.1. The highest BCUT2D eigenvalue weighted by molar-refractivity contribution is 6.16. The number of halogens is 1. The Labute approximate surface area is 142 Å². The number of carbonyl (C=O) groups excluding carboxylic acids is 2. The summed E-state index contributed by atoms with van der Waals surface area (Å²) in [6, 6.07) is 9.67. The summed E-state index contributed by atoms with van der Waals surface area (Å²) < 4.78 is 14.4. The second-order valence-corrected chi connectivity index (χ2v) is 5.54. The number of aromatic nitrogens is 1. The third-order valence-corrected chi connectivity index (χ3v) is 3.97. The number of aromatic hydroxyl groups is 1. The lowest BCUT2D eigenvalue weighted by Crippen LogP contribution is -2.19. The van der Waals surface area contributed by atoms with E-state index in [0.717, 1.165) is 28.7 Å². The molecule has 6 nitrogen and oxygen atoms in total. The van der Waals surface area contributed by atoms with Gasteiger partial charge in [0.05, 0.1) is 5.52 Å². The molecule has 0 bridgehead atoms. The van der Waals surface area contributed by atoms with Crippen LogP contribution in [0.1, 0.15) is 22.8 Å². The molecule has 0 radical (unpaired) electrons. The first kappa shape index (κ1) is 16.5. The van der Waals surface area contributed by atoms with Crippen molar-refractivity contribution < 1.29 is 19.1 Å². The van der Waals surface area contributed by atoms with Crippen LogP contribution in [0.15, 0.2) is 42.5 Å². The molecular formula is C18H16FN3O3. The van der Waals surface area contributed by atoms with Crippen LogP contribution in [-0.2, 0) is 6.42 Å². The van der Waals surface area contributed by atoms with E-state index in [1.54, 1.807) is 12.1 Å². The van der Waals surface area contributed by atoms with Gasteiger partial charge in [0.1, 0.15) is 11.4 Å². The largest absolute Gasteiger partial charge is 0.494 e. The number of carbonyl (C=O) groups is 2. The molecule has 25 heavy (non-hydrogen) atoms. The Hall–Kier alpha value is -3.35. The van der Waals surface area contributed by atoms with E-state index < -0.39 is 23.6 Å². The molecule has 0 saturated carbocycles. The van der Waals surface area contributed by atoms with Crippen LogP contribution >= 0.6 is 0 Å². The lowest BCUT2D eigenvalue weighted by Gasteiger charge is -2.06. The minimum Gasteiger partial charge on any atom is -0.494 e. The first-order chi connectivity index (χ1) is 11.9. The molecule has 0 unspecified atom stereocenters. The van der Waals surface area contributed by atoms with E-state index in [2.05, 4.69) is 5.32 Å². The van der Waals surface area contributed by atoms with Gasteiger partial charge < -0.3 is 16.2 Å². The predicted molar refractivity (Wildman–Crippen MR) is 92.3 cm³/mol. The zero-order valence-electron chi connectivity index (χ0n) is 13.4. The first-order valence-electron chi connectivity index (χ1n) is 7.65. The molecule has 3 aromatic rings. The molecule has 0 aliphatic heterocycles. The van der Waals surface area contributed by atoms with Gasteiger partial charge in [0.25, 0.3) is 5.91 Å². The van der Waals surface area contributed by atoms with Crippen molar-refractivity contribution >= 4 is 28.5 Å². The van der Waals surface area contributed by atoms with Gasteiger partial charge in [0.15, 0.2) is 0 Å². The number of hydrogen-bond acceptors (Lipinski definition) is 3. The van der Waals surface area contributed by atoms with E-state index in [-0.39, 0.29) is 16.5 Å². The summed E-state index contributed by atoms with van der Waals surface area (Å²) in [5.74, 6) is -1.90. The molecule has 3 rings (SSSR count). The smallest absolute Gasteiger partial charge is 0.326 e. The number of anilines is 1. The molecule has 0 aliphatic carbocycles. The van der Waals surface area contributed by atoms with E-state index >= 15 is 0 Å². The van der Waals surface area contributed by atoms with Crippen molar-refractivity contribution in [1.29, 1.82) is 0 Å². The van der Waals surface area contributed by atoms with Gasteiger partial charge >= 0.3 is 6.03 Å². The van der Waals surface area contributed by atoms with Crippen LogP contribution in [0.2, 0.25) is 0 Å². The van der Waals surface area contributed by atoms with Crippen molar-refractivity contribution in [2.75, 3.05) is 5.32 Å². The number of nitrogens with one attached hydrogen (secondary N) is 1. The molecule has 0 aliphatic rings. The molecule has 2 aromatic carbocycles. The molecule has 7 heteroatoms. The summed E-state index contributed by atoms with van der Waals surface area (Å²) in [4.78, 5) is 24.2. The van der Waals surface area contributed by atoms with Crippen LogP contribution in [0.3, 0.4) is 0 Å². The SMILES string of the molecule is CCc1ccc(NC(=O)c2c(O)n(C(N)=O)c3ccc(F)cc23)cc1. The van der Waals surface area contributed by atoms with Gasteiger partial charge in [-0.05, 0) is 42.3 Å². The molecule has 0 spiro atoms. The van der Waals surface area contributed by atoms with Crippen molar-refractivity contribution in [2.45, 2.75) is 13.3 Å². The molecule has 1 heterocycles. The fourth-order valence-electron chi connectivity index (χ4n) is 2.71. The maximum Gasteiger partial charge on any atom is 0.326 e. The van der Waals surface area contributed by atoms with Crippen LogP contribution in [-0.4, -0.2) is 21.6 Å². The first-order valence-corrected chi connectivity index (χ1v) is 7.65. The van der Waals surface area contributed by atoms with E-state index in [9.17, 15) is 19.1 Å². The van der Waals surface area contributed by atoms with Crippen LogP contribution in [0.25, 0.3) is 10.9 Å². The molecule has 0 fully saturated rings. The molecule has 128 valence electrons. The Morgan fingerprint density at radius 1 is 1.20 bits per heavy atom. The number of nitrogens with zero attached hydrogens (tertiary/aromatic N) is 1. The topological polar surface area (TPSA) is 97.3 Å². The molecule has 0 saturated heterocycles. The quantitative estimate of drug-likeness (QED) is 0.682. The fourth-order valence-corrected chi connectivity index (χ4v) is 2.71. The number of primary amides is 1. The summed E-state index contributed by atoms with van der Waals surface area (Å²) in [6.45, 7) is 2.01. The Balaban J connectivity index is 2.07. The van der Waals surface area contributed by atoms with Gasteiger partial charge in [-0.2, -0.15) is 0 Å². The third kappa shape index (κ3) is 2.91. The van der Waals surface area contributed by atoms with E-state index in [4.69, 9.17) is 5.73 Å². The van der Waals surface area contributed by atoms with Crippen molar-refractivity contribution in [1.82, 2.24) is 4.57 Å². The zero-order valence-corrected chi connectivity index (χ0v) is 13.4. The van der Waals surface area contributed by atoms with Crippen molar-refractivity contribution in [3.8, 4) is 5.88 Å². The van der Waals surface area contributed by atoms with Crippen LogP contribution < -0.4 is 11.1 Å². The maximum absolute atomic E-state index is 13.6. The van der Waals surface area contributed by atoms with Gasteiger partial charge in [0, 0.05) is 11.1 Å². The van der Waals surface area contributed by atoms with Crippen LogP contribution in [0.4, 0.5) is 14.9 Å². The molecule has 1 aromatic heterocycles. The highest BCUT2D eigenvalue weighted by Crippen LogP contribution is 2.32. The molecule has 2 amide bonds. The average Bonchev–Trinajstić information content (AvgIpc) is 2.86. The zero-order chi connectivity index (χ0) is 18.1. The Morgan fingerprint density at radius 3 is 2.48 bits per heavy atom. The Kier molecular flexibility index (Phi) is 4.14. The average molecular weight is 341 g/mol. The second kappa shape index (κ2) is 6.27. The summed E-state index contributed by atoms with van der Waals surface area (Å²) >= 11 is 0. The highest BCUT2D eigenvalue weighted by atomic mass is 19.1. The van der Waals surface area contributed by atoms with Crippen molar-refractivity contribution in [3.05, 3.63) is 59.4 Å². The summed E-state index contributed by atoms with van der Waals surface area (Å²) in [5, 5.41) is 13.0. The normalized spacial score (nSPS) is 10.8. The fraction of sp³-hybridized carbons (Fsp3) is 0.111. The van der Waals surface area contributed by atoms with E-state index in [1.165, 1.54) is 6.07 Å².